The summed E-state index contributed by atoms with van der Waals surface area (Å²) in [6, 6.07) is 11.4. The summed E-state index contributed by atoms with van der Waals surface area (Å²) in [5.41, 5.74) is 1.05. The monoisotopic (exact) mass is 521 g/mol. The molecule has 0 aliphatic heterocycles. The number of hydrogen-bond donors (Lipinski definition) is 1. The number of nitrogens with one attached hydrogen (secondary N) is 1. The normalized spacial score (nSPS) is 11.4. The number of hydrogen-bond acceptors (Lipinski definition) is 8. The molecule has 9 nitrogen and oxygen atoms in total. The Labute approximate surface area is 212 Å². The molecule has 2 heterocycles. The molecule has 0 radical (unpaired) electrons. The number of carbonyl (C=O) groups is 1. The van der Waals surface area contributed by atoms with Crippen molar-refractivity contribution in [2.24, 2.45) is 5.92 Å². The number of benzene rings is 1. The van der Waals surface area contributed by atoms with Crippen LogP contribution in [0.5, 0.6) is 11.6 Å². The molecule has 0 aliphatic rings. The molecule has 2 aromatic heterocycles. The maximum absolute atomic E-state index is 14.3. The largest absolute Gasteiger partial charge is 0.493 e. The van der Waals surface area contributed by atoms with Gasteiger partial charge in [-0.2, -0.15) is 8.42 Å². The third-order valence-corrected chi connectivity index (χ3v) is 5.98. The maximum Gasteiger partial charge on any atom is 0.281 e. The molecule has 0 spiro atoms. The first kappa shape index (κ1) is 27.0. The number of ether oxygens (including phenoxy) is 3. The zero-order valence-electron chi connectivity index (χ0n) is 20.4. The van der Waals surface area contributed by atoms with Gasteiger partial charge in [0.15, 0.2) is 5.03 Å². The van der Waals surface area contributed by atoms with Gasteiger partial charge >= 0.3 is 0 Å². The first-order chi connectivity index (χ1) is 17.1. The second kappa shape index (κ2) is 11.9. The van der Waals surface area contributed by atoms with Crippen LogP contribution in [0.1, 0.15) is 32.8 Å². The minimum atomic E-state index is -4.24. The van der Waals surface area contributed by atoms with Crippen LogP contribution < -0.4 is 14.2 Å². The van der Waals surface area contributed by atoms with Gasteiger partial charge < -0.3 is 14.2 Å². The van der Waals surface area contributed by atoms with Crippen molar-refractivity contribution in [2.75, 3.05) is 26.9 Å². The Hall–Kier alpha value is -3.57. The van der Waals surface area contributed by atoms with Gasteiger partial charge in [0.2, 0.25) is 5.88 Å². The van der Waals surface area contributed by atoms with Crippen LogP contribution in [0.4, 0.5) is 4.39 Å². The Morgan fingerprint density at radius 3 is 2.56 bits per heavy atom. The number of aryl methyl sites for hydroxylation is 1. The number of amides is 1. The summed E-state index contributed by atoms with van der Waals surface area (Å²) in [5.74, 6) is -1.03. The van der Waals surface area contributed by atoms with E-state index in [0.717, 1.165) is 0 Å². The molecule has 3 rings (SSSR count). The number of halogens is 1. The van der Waals surface area contributed by atoms with E-state index < -0.39 is 21.7 Å². The van der Waals surface area contributed by atoms with E-state index in [1.165, 1.54) is 43.5 Å². The number of sulfonamides is 1. The number of rotatable bonds is 11. The predicted octanol–water partition coefficient (Wildman–Crippen LogP) is 4.26. The number of carbonyl (C=O) groups excluding carboxylic acids is 1. The summed E-state index contributed by atoms with van der Waals surface area (Å²) in [5, 5.41) is -0.295. The molecule has 1 N–H and O–H groups in total. The van der Waals surface area contributed by atoms with Crippen LogP contribution >= 0.6 is 0 Å². The molecule has 0 fully saturated rings. The van der Waals surface area contributed by atoms with Gasteiger partial charge in [0.05, 0.1) is 18.9 Å². The minimum absolute atomic E-state index is 0. The highest BCUT2D eigenvalue weighted by Crippen LogP contribution is 2.28. The Morgan fingerprint density at radius 2 is 1.86 bits per heavy atom. The number of aromatic nitrogens is 2. The summed E-state index contributed by atoms with van der Waals surface area (Å²) in [4.78, 5) is 21.2. The van der Waals surface area contributed by atoms with Gasteiger partial charge in [0.25, 0.3) is 15.9 Å². The van der Waals surface area contributed by atoms with Gasteiger partial charge in [-0.05, 0) is 49.2 Å². The minimum Gasteiger partial charge on any atom is -0.493 e. The van der Waals surface area contributed by atoms with Gasteiger partial charge in [-0.15, -0.1) is 0 Å². The highest BCUT2D eigenvalue weighted by Gasteiger charge is 2.24. The second-order valence-corrected chi connectivity index (χ2v) is 9.95. The third kappa shape index (κ3) is 7.22. The molecule has 11 heteroatoms. The van der Waals surface area contributed by atoms with Crippen LogP contribution in [-0.2, 0) is 14.8 Å². The van der Waals surface area contributed by atoms with Crippen LogP contribution in [0.15, 0.2) is 53.6 Å². The predicted molar refractivity (Wildman–Crippen MR) is 135 cm³/mol. The number of nitrogens with zero attached hydrogens (tertiary/aromatic N) is 2. The van der Waals surface area contributed by atoms with Crippen molar-refractivity contribution in [2.45, 2.75) is 25.8 Å². The molecule has 1 amide bonds. The van der Waals surface area contributed by atoms with Crippen LogP contribution in [0.25, 0.3) is 11.3 Å². The zero-order valence-corrected chi connectivity index (χ0v) is 21.3. The molecule has 0 saturated heterocycles. The quantitative estimate of drug-likeness (QED) is 0.372. The van der Waals surface area contributed by atoms with Crippen molar-refractivity contribution in [3.05, 3.63) is 65.6 Å². The van der Waals surface area contributed by atoms with Gasteiger partial charge in [0, 0.05) is 27.3 Å². The van der Waals surface area contributed by atoms with Crippen molar-refractivity contribution >= 4 is 15.9 Å². The average Bonchev–Trinajstić information content (AvgIpc) is 2.82. The smallest absolute Gasteiger partial charge is 0.281 e. The lowest BCUT2D eigenvalue weighted by Crippen LogP contribution is -2.31. The van der Waals surface area contributed by atoms with Crippen molar-refractivity contribution < 1.29 is 34.7 Å². The number of methoxy groups -OCH3 is 1. The van der Waals surface area contributed by atoms with E-state index in [-0.39, 0.29) is 38.5 Å². The van der Waals surface area contributed by atoms with Crippen molar-refractivity contribution in [3.8, 4) is 22.9 Å². The van der Waals surface area contributed by atoms with Crippen LogP contribution in [0, 0.1) is 18.7 Å². The Bertz CT molecular complexity index is 1340. The van der Waals surface area contributed by atoms with Crippen molar-refractivity contribution in [1.82, 2.24) is 14.7 Å². The topological polar surface area (TPSA) is 117 Å². The molecule has 3 aromatic rings. The van der Waals surface area contributed by atoms with E-state index >= 15 is 0 Å². The van der Waals surface area contributed by atoms with Gasteiger partial charge in [0.1, 0.15) is 23.7 Å². The number of pyridine rings is 2. The van der Waals surface area contributed by atoms with Gasteiger partial charge in [-0.25, -0.2) is 19.1 Å². The van der Waals surface area contributed by atoms with Crippen LogP contribution in [-0.4, -0.2) is 51.2 Å². The Morgan fingerprint density at radius 1 is 1.08 bits per heavy atom. The fourth-order valence-corrected chi connectivity index (χ4v) is 4.04. The molecule has 196 valence electrons. The van der Waals surface area contributed by atoms with E-state index in [1.807, 2.05) is 18.6 Å². The fraction of sp³-hybridized carbons (Fsp3) is 0.320. The molecule has 0 aliphatic carbocycles. The first-order valence-corrected chi connectivity index (χ1v) is 12.6. The lowest BCUT2D eigenvalue weighted by atomic mass is 10.1. The van der Waals surface area contributed by atoms with Crippen molar-refractivity contribution in [3.63, 3.8) is 0 Å². The molecule has 36 heavy (non-hydrogen) atoms. The lowest BCUT2D eigenvalue weighted by molar-refractivity contribution is 0.0971. The maximum atomic E-state index is 14.3. The summed E-state index contributed by atoms with van der Waals surface area (Å²) in [6.45, 7) is 6.24. The average molecular weight is 522 g/mol. The molecule has 1 aromatic carbocycles. The second-order valence-electron chi connectivity index (χ2n) is 8.32. The Balaban J connectivity index is 0.00000361. The standard InChI is InChI=1S/C25H28FN3O6S.2H2/c1-16(2)15-35-20-13-18(12-19(26)14-20)22-9-8-21(25(28-22)34-11-10-33-4)24(30)29-36(31,32)23-7-5-6-17(3)27-23;;/h5-9,12-14,16H,10-11,15H2,1-4H3,(H,29,30);2*1H. The molecular weight excluding hydrogens is 489 g/mol. The summed E-state index contributed by atoms with van der Waals surface area (Å²) in [6.07, 6.45) is 0. The lowest BCUT2D eigenvalue weighted by Gasteiger charge is -2.14. The molecule has 0 unspecified atom stereocenters. The molecule has 0 saturated carbocycles. The Kier molecular flexibility index (Phi) is 8.94. The van der Waals surface area contributed by atoms with E-state index in [0.29, 0.717) is 29.3 Å². The van der Waals surface area contributed by atoms with Gasteiger partial charge in [-0.1, -0.05) is 19.9 Å². The fourth-order valence-electron chi connectivity index (χ4n) is 3.06. The van der Waals surface area contributed by atoms with E-state index in [9.17, 15) is 17.6 Å². The molecule has 0 bridgehead atoms. The SMILES string of the molecule is COCCOc1nc(-c2cc(F)cc(OCC(C)C)c2)ccc1C(=O)NS(=O)(=O)c1cccc(C)n1.[HH].[HH]. The highest BCUT2D eigenvalue weighted by atomic mass is 32.2. The molecule has 0 atom stereocenters. The van der Waals surface area contributed by atoms with Crippen LogP contribution in [0.3, 0.4) is 0 Å². The van der Waals surface area contributed by atoms with Crippen molar-refractivity contribution in [1.29, 1.82) is 0 Å². The highest BCUT2D eigenvalue weighted by molar-refractivity contribution is 7.90. The van der Waals surface area contributed by atoms with Gasteiger partial charge in [-0.3, -0.25) is 4.79 Å². The van der Waals surface area contributed by atoms with Crippen LogP contribution in [0.2, 0.25) is 0 Å². The summed E-state index contributed by atoms with van der Waals surface area (Å²) >= 11 is 0. The van der Waals surface area contributed by atoms with E-state index in [1.54, 1.807) is 19.1 Å². The first-order valence-electron chi connectivity index (χ1n) is 11.2. The van der Waals surface area contributed by atoms with E-state index in [2.05, 4.69) is 9.97 Å². The summed E-state index contributed by atoms with van der Waals surface area (Å²) < 4.78 is 57.9. The zero-order chi connectivity index (χ0) is 26.3. The third-order valence-electron chi connectivity index (χ3n) is 4.75. The van der Waals surface area contributed by atoms with E-state index in [4.69, 9.17) is 14.2 Å². The molecular formula is C25H32FN3O6S. The summed E-state index contributed by atoms with van der Waals surface area (Å²) in [7, 11) is -2.76.